The van der Waals surface area contributed by atoms with Crippen molar-refractivity contribution in [1.29, 1.82) is 0 Å². The van der Waals surface area contributed by atoms with Crippen molar-refractivity contribution in [2.45, 2.75) is 31.9 Å². The number of anilines is 2. The summed E-state index contributed by atoms with van der Waals surface area (Å²) in [6, 6.07) is 14.5. The first-order chi connectivity index (χ1) is 20.2. The van der Waals surface area contributed by atoms with Gasteiger partial charge in [-0.15, -0.1) is 0 Å². The van der Waals surface area contributed by atoms with Gasteiger partial charge in [0.2, 0.25) is 15.8 Å². The molecule has 1 N–H and O–H groups in total. The largest absolute Gasteiger partial charge is 0.486 e. The van der Waals surface area contributed by atoms with Crippen LogP contribution in [-0.4, -0.2) is 75.6 Å². The van der Waals surface area contributed by atoms with E-state index >= 15 is 0 Å². The maximum Gasteiger partial charge on any atom is 0.316 e. The van der Waals surface area contributed by atoms with Crippen LogP contribution in [0.3, 0.4) is 0 Å². The zero-order valence-corrected chi connectivity index (χ0v) is 25.7. The number of hydrogen-bond acceptors (Lipinski definition) is 8. The van der Waals surface area contributed by atoms with Gasteiger partial charge in [-0.25, -0.2) is 8.42 Å². The number of methoxy groups -OCH3 is 1. The molecule has 0 bridgehead atoms. The summed E-state index contributed by atoms with van der Waals surface area (Å²) in [4.78, 5) is 15.6. The van der Waals surface area contributed by atoms with Crippen molar-refractivity contribution in [2.75, 3.05) is 63.3 Å². The monoisotopic (exact) mass is 615 g/mol. The Morgan fingerprint density at radius 2 is 1.83 bits per heavy atom. The molecule has 1 saturated carbocycles. The molecule has 2 aliphatic rings. The fourth-order valence-corrected chi connectivity index (χ4v) is 6.60. The molecule has 1 aliphatic carbocycles. The van der Waals surface area contributed by atoms with Gasteiger partial charge < -0.3 is 19.7 Å². The molecule has 42 heavy (non-hydrogen) atoms. The molecule has 2 aromatic carbocycles. The fraction of sp³-hybridized carbons (Fsp3) is 0.467. The third kappa shape index (κ3) is 7.44. The summed E-state index contributed by atoms with van der Waals surface area (Å²) in [5.74, 6) is 0.148. The molecule has 1 saturated heterocycles. The SMILES string of the molecule is COCCCNc1cccc(CS(=O)(=O)N2CCN(c3cnn(-c4cccc(Cl)c4)c(=O)c3OCC3(C)CC3)CC2)c1. The molecule has 0 radical (unpaired) electrons. The molecule has 12 heteroatoms. The number of sulfonamides is 1. The lowest BCUT2D eigenvalue weighted by atomic mass is 10.2. The maximum atomic E-state index is 13.6. The third-order valence-corrected chi connectivity index (χ3v) is 9.82. The number of nitrogens with one attached hydrogen (secondary N) is 1. The van der Waals surface area contributed by atoms with Crippen molar-refractivity contribution in [2.24, 2.45) is 5.41 Å². The smallest absolute Gasteiger partial charge is 0.316 e. The standard InChI is InChI=1S/C30H38ClN5O5S/c1-30(10-11-30)22-41-28-27(20-33-36(29(28)37)26-9-4-7-24(31)19-26)34-13-15-35(16-14-34)42(38,39)21-23-6-3-8-25(18-23)32-12-5-17-40-2/h3-4,6-9,18-20,32H,5,10-17,21-22H2,1-2H3. The number of piperazine rings is 1. The Morgan fingerprint density at radius 3 is 2.55 bits per heavy atom. The first-order valence-corrected chi connectivity index (χ1v) is 16.2. The molecule has 226 valence electrons. The van der Waals surface area contributed by atoms with Crippen LogP contribution in [0.25, 0.3) is 5.69 Å². The van der Waals surface area contributed by atoms with Crippen molar-refractivity contribution in [3.05, 3.63) is 75.7 Å². The van der Waals surface area contributed by atoms with E-state index in [9.17, 15) is 13.2 Å². The van der Waals surface area contributed by atoms with Crippen LogP contribution in [0.5, 0.6) is 5.75 Å². The molecule has 2 heterocycles. The predicted octanol–water partition coefficient (Wildman–Crippen LogP) is 4.17. The number of ether oxygens (including phenoxy) is 2. The number of benzene rings is 2. The van der Waals surface area contributed by atoms with Gasteiger partial charge in [0.15, 0.2) is 0 Å². The van der Waals surface area contributed by atoms with Gasteiger partial charge in [-0.2, -0.15) is 14.1 Å². The summed E-state index contributed by atoms with van der Waals surface area (Å²) in [7, 11) is -1.87. The molecule has 1 aliphatic heterocycles. The first-order valence-electron chi connectivity index (χ1n) is 14.2. The highest BCUT2D eigenvalue weighted by Crippen LogP contribution is 2.45. The number of rotatable bonds is 13. The quantitative estimate of drug-likeness (QED) is 0.286. The van der Waals surface area contributed by atoms with E-state index in [-0.39, 0.29) is 22.5 Å². The Balaban J connectivity index is 1.28. The molecule has 10 nitrogen and oxygen atoms in total. The van der Waals surface area contributed by atoms with E-state index in [1.807, 2.05) is 29.2 Å². The zero-order chi connectivity index (χ0) is 29.7. The number of hydrogen-bond donors (Lipinski definition) is 1. The number of aromatic nitrogens is 2. The van der Waals surface area contributed by atoms with Gasteiger partial charge in [-0.05, 0) is 55.2 Å². The minimum atomic E-state index is -3.54. The Morgan fingerprint density at radius 1 is 1.07 bits per heavy atom. The van der Waals surface area contributed by atoms with Crippen LogP contribution in [0.2, 0.25) is 5.02 Å². The van der Waals surface area contributed by atoms with Crippen LogP contribution in [0.4, 0.5) is 11.4 Å². The molecular formula is C30H38ClN5O5S. The minimum Gasteiger partial charge on any atom is -0.486 e. The Labute approximate surface area is 252 Å². The van der Waals surface area contributed by atoms with E-state index in [1.165, 1.54) is 8.99 Å². The average Bonchev–Trinajstić information content (AvgIpc) is 3.71. The highest BCUT2D eigenvalue weighted by Gasteiger charge is 2.39. The van der Waals surface area contributed by atoms with Crippen LogP contribution < -0.4 is 20.5 Å². The van der Waals surface area contributed by atoms with Crippen molar-refractivity contribution >= 4 is 33.0 Å². The van der Waals surface area contributed by atoms with Gasteiger partial charge in [0.25, 0.3) is 0 Å². The number of nitrogens with zero attached hydrogens (tertiary/aromatic N) is 4. The van der Waals surface area contributed by atoms with Gasteiger partial charge in [0.05, 0.1) is 24.2 Å². The molecule has 5 rings (SSSR count). The van der Waals surface area contributed by atoms with Crippen molar-refractivity contribution in [3.8, 4) is 11.4 Å². The Kier molecular flexibility index (Phi) is 9.41. The second kappa shape index (κ2) is 13.0. The molecule has 2 fully saturated rings. The van der Waals surface area contributed by atoms with Gasteiger partial charge in [-0.3, -0.25) is 4.79 Å². The summed E-state index contributed by atoms with van der Waals surface area (Å²) >= 11 is 6.17. The summed E-state index contributed by atoms with van der Waals surface area (Å²) in [6.45, 7) is 5.40. The van der Waals surface area contributed by atoms with Crippen molar-refractivity contribution < 1.29 is 17.9 Å². The van der Waals surface area contributed by atoms with E-state index in [0.717, 1.165) is 37.1 Å². The van der Waals surface area contributed by atoms with E-state index < -0.39 is 10.0 Å². The fourth-order valence-electron chi connectivity index (χ4n) is 4.92. The van der Waals surface area contributed by atoms with E-state index in [4.69, 9.17) is 21.1 Å². The van der Waals surface area contributed by atoms with E-state index in [2.05, 4.69) is 17.3 Å². The molecule has 0 spiro atoms. The van der Waals surface area contributed by atoms with Gasteiger partial charge in [0.1, 0.15) is 5.69 Å². The molecular weight excluding hydrogens is 578 g/mol. The second-order valence-corrected chi connectivity index (χ2v) is 13.7. The Bertz CT molecular complexity index is 1550. The lowest BCUT2D eigenvalue weighted by Gasteiger charge is -2.35. The average molecular weight is 616 g/mol. The maximum absolute atomic E-state index is 13.6. The van der Waals surface area contributed by atoms with Gasteiger partial charge in [0, 0.05) is 62.6 Å². The topological polar surface area (TPSA) is 106 Å². The van der Waals surface area contributed by atoms with Crippen LogP contribution >= 0.6 is 11.6 Å². The predicted molar refractivity (Wildman–Crippen MR) is 166 cm³/mol. The highest BCUT2D eigenvalue weighted by atomic mass is 35.5. The molecule has 1 aromatic heterocycles. The molecule has 0 unspecified atom stereocenters. The molecule has 0 amide bonds. The van der Waals surface area contributed by atoms with Crippen molar-refractivity contribution in [3.63, 3.8) is 0 Å². The van der Waals surface area contributed by atoms with Gasteiger partial charge >= 0.3 is 5.56 Å². The van der Waals surface area contributed by atoms with Crippen LogP contribution in [0.15, 0.2) is 59.5 Å². The lowest BCUT2D eigenvalue weighted by molar-refractivity contribution is 0.198. The normalized spacial score (nSPS) is 16.8. The van der Waals surface area contributed by atoms with Crippen LogP contribution in [0.1, 0.15) is 31.7 Å². The second-order valence-electron chi connectivity index (χ2n) is 11.3. The molecule has 0 atom stereocenters. The summed E-state index contributed by atoms with van der Waals surface area (Å²) < 4.78 is 40.8. The van der Waals surface area contributed by atoms with E-state index in [1.54, 1.807) is 37.6 Å². The van der Waals surface area contributed by atoms with Crippen LogP contribution in [0, 0.1) is 5.41 Å². The zero-order valence-electron chi connectivity index (χ0n) is 24.1. The lowest BCUT2D eigenvalue weighted by Crippen LogP contribution is -2.49. The first kappa shape index (κ1) is 30.3. The Hall–Kier alpha value is -3.12. The summed E-state index contributed by atoms with van der Waals surface area (Å²) in [5, 5.41) is 8.24. The highest BCUT2D eigenvalue weighted by molar-refractivity contribution is 7.88. The van der Waals surface area contributed by atoms with E-state index in [0.29, 0.717) is 55.8 Å². The molecule has 3 aromatic rings. The van der Waals surface area contributed by atoms with Crippen LogP contribution in [-0.2, 0) is 20.5 Å². The van der Waals surface area contributed by atoms with Crippen molar-refractivity contribution in [1.82, 2.24) is 14.1 Å². The minimum absolute atomic E-state index is 0.0669. The summed E-state index contributed by atoms with van der Waals surface area (Å²) in [5.41, 5.74) is 2.43. The number of halogens is 1. The third-order valence-electron chi connectivity index (χ3n) is 7.74. The summed E-state index contributed by atoms with van der Waals surface area (Å²) in [6.07, 6.45) is 4.60. The van der Waals surface area contributed by atoms with Gasteiger partial charge in [-0.1, -0.05) is 36.7 Å².